The zero-order valence-electron chi connectivity index (χ0n) is 26.6. The van der Waals surface area contributed by atoms with Crippen LogP contribution in [0.3, 0.4) is 0 Å². The third-order valence-corrected chi connectivity index (χ3v) is 5.94. The summed E-state index contributed by atoms with van der Waals surface area (Å²) in [7, 11) is 0. The number of carbonyl (C=O) groups is 4. The molecule has 0 fully saturated rings. The Morgan fingerprint density at radius 1 is 0.317 bits per heavy atom. The summed E-state index contributed by atoms with van der Waals surface area (Å²) in [6.07, 6.45) is 22.4. The van der Waals surface area contributed by atoms with E-state index in [0.717, 1.165) is 77.0 Å². The predicted molar refractivity (Wildman–Crippen MR) is 159 cm³/mol. The Balaban J connectivity index is -0.000000139. The molecule has 8 nitrogen and oxygen atoms in total. The molecule has 0 aromatic rings. The molecule has 0 unspecified atom stereocenters. The van der Waals surface area contributed by atoms with Crippen LogP contribution in [0.4, 0.5) is 0 Å². The molecule has 41 heavy (non-hydrogen) atoms. The number of aliphatic carboxylic acids is 4. The number of unbranched alkanes of at least 4 members (excludes halogenated alkanes) is 16. The molecule has 2 radical (unpaired) electrons. The molecular formula is C32H60O8Te. The van der Waals surface area contributed by atoms with Crippen LogP contribution in [0.1, 0.15) is 182 Å². The molecule has 0 heterocycles. The van der Waals surface area contributed by atoms with Gasteiger partial charge in [0.1, 0.15) is 0 Å². The molecule has 0 bridgehead atoms. The van der Waals surface area contributed by atoms with E-state index in [0.29, 0.717) is 0 Å². The van der Waals surface area contributed by atoms with Crippen molar-refractivity contribution in [1.82, 2.24) is 0 Å². The van der Waals surface area contributed by atoms with Crippen molar-refractivity contribution in [3.63, 3.8) is 0 Å². The van der Waals surface area contributed by atoms with Crippen LogP contribution in [0, 0.1) is 0 Å². The Kier molecular flexibility index (Phi) is 55.0. The van der Waals surface area contributed by atoms with Crippen molar-refractivity contribution in [1.29, 1.82) is 0 Å². The molecule has 0 saturated heterocycles. The normalized spacial score (nSPS) is 9.46. The summed E-state index contributed by atoms with van der Waals surface area (Å²) in [5, 5.41) is 39.7. The fourth-order valence-corrected chi connectivity index (χ4v) is 3.49. The second kappa shape index (κ2) is 45.7. The molecule has 9 heteroatoms. The van der Waals surface area contributed by atoms with E-state index in [9.17, 15) is 39.6 Å². The van der Waals surface area contributed by atoms with Crippen LogP contribution in [-0.2, 0) is 19.2 Å². The molecule has 0 aromatic heterocycles. The van der Waals surface area contributed by atoms with Gasteiger partial charge in [-0.2, -0.15) is 0 Å². The molecule has 242 valence electrons. The van der Waals surface area contributed by atoms with Crippen molar-refractivity contribution in [2.24, 2.45) is 0 Å². The SMILES string of the molecule is CCCCCCCC(=O)[O-].CCCCCCCC(=O)[O-].CCCCCCCC(=O)[O-].CCCCCCCC(=O)[O-].[Te+4]. The van der Waals surface area contributed by atoms with Gasteiger partial charge in [0.05, 0.1) is 0 Å². The maximum atomic E-state index is 9.92. The minimum atomic E-state index is -0.920. The molecule has 0 atom stereocenters. The Labute approximate surface area is 268 Å². The van der Waals surface area contributed by atoms with Gasteiger partial charge in [0.15, 0.2) is 0 Å². The van der Waals surface area contributed by atoms with Crippen LogP contribution in [0.2, 0.25) is 0 Å². The number of hydrogen-bond acceptors (Lipinski definition) is 8. The van der Waals surface area contributed by atoms with Gasteiger partial charge >= 0.3 is 23.7 Å². The van der Waals surface area contributed by atoms with Crippen molar-refractivity contribution in [3.8, 4) is 0 Å². The number of rotatable bonds is 24. The van der Waals surface area contributed by atoms with Gasteiger partial charge in [-0.25, -0.2) is 0 Å². The second-order valence-corrected chi connectivity index (χ2v) is 10.1. The van der Waals surface area contributed by atoms with E-state index in [4.69, 9.17) is 0 Å². The first-order valence-electron chi connectivity index (χ1n) is 15.9. The summed E-state index contributed by atoms with van der Waals surface area (Å²) >= 11 is 0. The number of hydrogen-bond donors (Lipinski definition) is 0. The van der Waals surface area contributed by atoms with Gasteiger partial charge in [0.25, 0.3) is 0 Å². The van der Waals surface area contributed by atoms with Crippen LogP contribution in [-0.4, -0.2) is 47.5 Å². The van der Waals surface area contributed by atoms with E-state index < -0.39 is 23.9 Å². The van der Waals surface area contributed by atoms with Crippen molar-refractivity contribution >= 4 is 47.5 Å². The van der Waals surface area contributed by atoms with Gasteiger partial charge in [-0.3, -0.25) is 0 Å². The first kappa shape index (κ1) is 49.4. The van der Waals surface area contributed by atoms with Crippen LogP contribution in [0.25, 0.3) is 0 Å². The number of carbonyl (C=O) groups excluding carboxylic acids is 4. The number of carboxylic acids is 4. The van der Waals surface area contributed by atoms with Gasteiger partial charge in [-0.05, 0) is 51.4 Å². The largest absolute Gasteiger partial charge is 4.00 e. The summed E-state index contributed by atoms with van der Waals surface area (Å²) in [6.45, 7) is 8.55. The quantitative estimate of drug-likeness (QED) is 0.108. The van der Waals surface area contributed by atoms with Gasteiger partial charge in [-0.15, -0.1) is 0 Å². The zero-order valence-corrected chi connectivity index (χ0v) is 29.0. The smallest absolute Gasteiger partial charge is 0.550 e. The molecule has 0 aliphatic heterocycles. The summed E-state index contributed by atoms with van der Waals surface area (Å²) in [4.78, 5) is 39.7. The fourth-order valence-electron chi connectivity index (χ4n) is 3.49. The summed E-state index contributed by atoms with van der Waals surface area (Å²) < 4.78 is 0. The summed E-state index contributed by atoms with van der Waals surface area (Å²) in [6, 6.07) is 0. The molecule has 0 N–H and O–H groups in total. The first-order chi connectivity index (χ1) is 19.1. The van der Waals surface area contributed by atoms with E-state index in [-0.39, 0.29) is 49.3 Å². The standard InChI is InChI=1S/4C8H16O2.Te/c4*1-2-3-4-5-6-7-8(9)10;/h4*2-7H2,1H3,(H,9,10);/q;;;;+4/p-4. The van der Waals surface area contributed by atoms with Crippen LogP contribution in [0.5, 0.6) is 0 Å². The Hall–Kier alpha value is -1.33. The zero-order chi connectivity index (χ0) is 31.3. The first-order valence-corrected chi connectivity index (χ1v) is 15.9. The average Bonchev–Trinajstić information content (AvgIpc) is 2.89. The molecule has 0 rings (SSSR count). The van der Waals surface area contributed by atoms with Crippen LogP contribution in [0.15, 0.2) is 0 Å². The summed E-state index contributed by atoms with van der Waals surface area (Å²) in [5.41, 5.74) is 0. The van der Waals surface area contributed by atoms with Crippen molar-refractivity contribution in [3.05, 3.63) is 0 Å². The third-order valence-electron chi connectivity index (χ3n) is 5.94. The van der Waals surface area contributed by atoms with E-state index in [1.54, 1.807) is 0 Å². The van der Waals surface area contributed by atoms with Gasteiger partial charge in [-0.1, -0.05) is 130 Å². The Bertz CT molecular complexity index is 460. The van der Waals surface area contributed by atoms with Gasteiger partial charge in [0, 0.05) is 23.9 Å². The maximum Gasteiger partial charge on any atom is 4.00 e. The number of carboxylic acid groups (broad SMARTS) is 4. The topological polar surface area (TPSA) is 161 Å². The maximum absolute atomic E-state index is 9.92. The van der Waals surface area contributed by atoms with Gasteiger partial charge < -0.3 is 39.6 Å². The van der Waals surface area contributed by atoms with E-state index >= 15 is 0 Å². The van der Waals surface area contributed by atoms with Crippen molar-refractivity contribution in [2.45, 2.75) is 182 Å². The van der Waals surface area contributed by atoms with Crippen molar-refractivity contribution < 1.29 is 39.6 Å². The molecular weight excluding hydrogens is 640 g/mol. The molecule has 0 saturated carbocycles. The fraction of sp³-hybridized carbons (Fsp3) is 0.875. The minimum Gasteiger partial charge on any atom is -0.550 e. The Morgan fingerprint density at radius 2 is 0.463 bits per heavy atom. The minimum absolute atomic E-state index is 0. The van der Waals surface area contributed by atoms with E-state index in [1.807, 2.05) is 0 Å². The van der Waals surface area contributed by atoms with Gasteiger partial charge in [0.2, 0.25) is 0 Å². The average molecular weight is 700 g/mol. The Morgan fingerprint density at radius 3 is 0.585 bits per heavy atom. The molecule has 0 spiro atoms. The van der Waals surface area contributed by atoms with Crippen LogP contribution < -0.4 is 20.4 Å². The molecule has 0 amide bonds. The second-order valence-electron chi connectivity index (χ2n) is 10.1. The molecule has 0 aromatic carbocycles. The predicted octanol–water partition coefficient (Wildman–Crippen LogP) is 4.01. The molecule has 0 aliphatic carbocycles. The van der Waals surface area contributed by atoms with Crippen molar-refractivity contribution in [2.75, 3.05) is 0 Å². The van der Waals surface area contributed by atoms with E-state index in [1.165, 1.54) is 51.4 Å². The summed E-state index contributed by atoms with van der Waals surface area (Å²) in [5.74, 6) is -3.68. The molecule has 0 aliphatic rings. The van der Waals surface area contributed by atoms with Crippen LogP contribution >= 0.6 is 0 Å². The van der Waals surface area contributed by atoms with E-state index in [2.05, 4.69) is 27.7 Å². The third kappa shape index (κ3) is 73.1. The monoisotopic (exact) mass is 702 g/mol.